The topological polar surface area (TPSA) is 29.9 Å². The third-order valence-corrected chi connectivity index (χ3v) is 5.06. The van der Waals surface area contributed by atoms with E-state index < -0.39 is 0 Å². The molecule has 1 heterocycles. The van der Waals surface area contributed by atoms with Gasteiger partial charge in [0.1, 0.15) is 5.82 Å². The van der Waals surface area contributed by atoms with Crippen molar-refractivity contribution in [1.82, 2.24) is 14.9 Å². The van der Waals surface area contributed by atoms with Crippen molar-refractivity contribution >= 4 is 11.0 Å². The van der Waals surface area contributed by atoms with Gasteiger partial charge < -0.3 is 9.88 Å². The van der Waals surface area contributed by atoms with Gasteiger partial charge in [-0.05, 0) is 37.3 Å². The Hall–Kier alpha value is -1.35. The monoisotopic (exact) mass is 285 g/mol. The van der Waals surface area contributed by atoms with E-state index in [-0.39, 0.29) is 0 Å². The summed E-state index contributed by atoms with van der Waals surface area (Å²) in [5, 5.41) is 3.78. The smallest absolute Gasteiger partial charge is 0.123 e. The first kappa shape index (κ1) is 14.6. The molecule has 0 radical (unpaired) electrons. The van der Waals surface area contributed by atoms with E-state index in [1.165, 1.54) is 37.0 Å². The number of hydrogen-bond donors (Lipinski definition) is 1. The predicted octanol–water partition coefficient (Wildman–Crippen LogP) is 4.11. The standard InChI is InChI=1S/C18H27N3/c1-4-21-15-10-6-5-9-14(15)20-17(21)13-19-16-11-7-8-12-18(16,2)3/h5-6,9-10,16,19H,4,7-8,11-13H2,1-3H3. The van der Waals surface area contributed by atoms with Gasteiger partial charge in [0.15, 0.2) is 0 Å². The van der Waals surface area contributed by atoms with Crippen molar-refractivity contribution in [3.63, 3.8) is 0 Å². The molecule has 1 fully saturated rings. The number of benzene rings is 1. The van der Waals surface area contributed by atoms with Crippen molar-refractivity contribution in [2.45, 2.75) is 65.6 Å². The lowest BCUT2D eigenvalue weighted by molar-refractivity contribution is 0.165. The minimum Gasteiger partial charge on any atom is -0.327 e. The number of aromatic nitrogens is 2. The Balaban J connectivity index is 1.78. The van der Waals surface area contributed by atoms with Crippen molar-refractivity contribution < 1.29 is 0 Å². The Bertz CT molecular complexity index is 612. The predicted molar refractivity (Wildman–Crippen MR) is 88.3 cm³/mol. The number of para-hydroxylation sites is 2. The van der Waals surface area contributed by atoms with E-state index in [0.717, 1.165) is 18.6 Å². The number of aryl methyl sites for hydroxylation is 1. The first-order valence-corrected chi connectivity index (χ1v) is 8.29. The van der Waals surface area contributed by atoms with E-state index in [2.05, 4.69) is 54.9 Å². The first-order valence-electron chi connectivity index (χ1n) is 8.29. The third kappa shape index (κ3) is 2.84. The van der Waals surface area contributed by atoms with Gasteiger partial charge in [-0.3, -0.25) is 0 Å². The number of nitrogens with zero attached hydrogens (tertiary/aromatic N) is 2. The molecule has 1 saturated carbocycles. The van der Waals surface area contributed by atoms with Gasteiger partial charge in [0.2, 0.25) is 0 Å². The number of fused-ring (bicyclic) bond motifs is 1. The molecular weight excluding hydrogens is 258 g/mol. The number of rotatable bonds is 4. The molecule has 0 bridgehead atoms. The second-order valence-electron chi connectivity index (χ2n) is 6.93. The molecule has 1 aromatic carbocycles. The molecule has 0 saturated heterocycles. The van der Waals surface area contributed by atoms with Crippen LogP contribution in [0.1, 0.15) is 52.3 Å². The largest absolute Gasteiger partial charge is 0.327 e. The summed E-state index contributed by atoms with van der Waals surface area (Å²) >= 11 is 0. The van der Waals surface area contributed by atoms with Crippen LogP contribution in [0.25, 0.3) is 11.0 Å². The number of imidazole rings is 1. The SMILES string of the molecule is CCn1c(CNC2CCCCC2(C)C)nc2ccccc21. The van der Waals surface area contributed by atoms with E-state index in [1.54, 1.807) is 0 Å². The van der Waals surface area contributed by atoms with Crippen molar-refractivity contribution in [3.8, 4) is 0 Å². The summed E-state index contributed by atoms with van der Waals surface area (Å²) in [5.41, 5.74) is 2.76. The van der Waals surface area contributed by atoms with E-state index in [4.69, 9.17) is 4.98 Å². The molecule has 1 atom stereocenters. The van der Waals surface area contributed by atoms with Crippen LogP contribution in [0.5, 0.6) is 0 Å². The molecule has 2 aromatic rings. The fraction of sp³-hybridized carbons (Fsp3) is 0.611. The van der Waals surface area contributed by atoms with Gasteiger partial charge in [-0.15, -0.1) is 0 Å². The van der Waals surface area contributed by atoms with Crippen LogP contribution < -0.4 is 5.32 Å². The van der Waals surface area contributed by atoms with E-state index >= 15 is 0 Å². The molecule has 1 N–H and O–H groups in total. The zero-order valence-corrected chi connectivity index (χ0v) is 13.5. The van der Waals surface area contributed by atoms with Crippen LogP contribution in [0, 0.1) is 5.41 Å². The Morgan fingerprint density at radius 2 is 2.10 bits per heavy atom. The van der Waals surface area contributed by atoms with E-state index in [0.29, 0.717) is 11.5 Å². The lowest BCUT2D eigenvalue weighted by Gasteiger charge is -2.39. The van der Waals surface area contributed by atoms with Crippen LogP contribution in [0.4, 0.5) is 0 Å². The Labute approximate surface area is 127 Å². The Kier molecular flexibility index (Phi) is 4.03. The highest BCUT2D eigenvalue weighted by Gasteiger charge is 2.31. The Morgan fingerprint density at radius 1 is 1.29 bits per heavy atom. The molecule has 3 nitrogen and oxygen atoms in total. The second-order valence-corrected chi connectivity index (χ2v) is 6.93. The fourth-order valence-corrected chi connectivity index (χ4v) is 3.70. The molecule has 1 unspecified atom stereocenters. The number of nitrogens with one attached hydrogen (secondary N) is 1. The van der Waals surface area contributed by atoms with Crippen molar-refractivity contribution in [2.75, 3.05) is 0 Å². The average molecular weight is 285 g/mol. The van der Waals surface area contributed by atoms with Gasteiger partial charge in [-0.25, -0.2) is 4.98 Å². The summed E-state index contributed by atoms with van der Waals surface area (Å²) in [4.78, 5) is 4.82. The zero-order chi connectivity index (χ0) is 14.9. The van der Waals surface area contributed by atoms with E-state index in [1.807, 2.05) is 0 Å². The summed E-state index contributed by atoms with van der Waals surface area (Å²) in [6, 6.07) is 9.04. The highest BCUT2D eigenvalue weighted by molar-refractivity contribution is 5.75. The summed E-state index contributed by atoms with van der Waals surface area (Å²) in [5.74, 6) is 1.17. The maximum Gasteiger partial charge on any atom is 0.123 e. The zero-order valence-electron chi connectivity index (χ0n) is 13.5. The van der Waals surface area contributed by atoms with Gasteiger partial charge in [0, 0.05) is 12.6 Å². The lowest BCUT2D eigenvalue weighted by atomic mass is 9.73. The normalized spacial score (nSPS) is 21.8. The quantitative estimate of drug-likeness (QED) is 0.916. The maximum atomic E-state index is 4.82. The second kappa shape index (κ2) is 5.80. The summed E-state index contributed by atoms with van der Waals surface area (Å²) < 4.78 is 2.33. The summed E-state index contributed by atoms with van der Waals surface area (Å²) in [6.07, 6.45) is 5.35. The van der Waals surface area contributed by atoms with Gasteiger partial charge >= 0.3 is 0 Å². The minimum atomic E-state index is 0.404. The molecule has 1 aliphatic rings. The fourth-order valence-electron chi connectivity index (χ4n) is 3.70. The molecule has 114 valence electrons. The van der Waals surface area contributed by atoms with Gasteiger partial charge in [0.25, 0.3) is 0 Å². The lowest BCUT2D eigenvalue weighted by Crippen LogP contribution is -2.44. The molecule has 0 aliphatic heterocycles. The third-order valence-electron chi connectivity index (χ3n) is 5.06. The molecule has 3 rings (SSSR count). The highest BCUT2D eigenvalue weighted by Crippen LogP contribution is 2.35. The van der Waals surface area contributed by atoms with Crippen LogP contribution >= 0.6 is 0 Å². The maximum absolute atomic E-state index is 4.82. The molecular formula is C18H27N3. The van der Waals surface area contributed by atoms with Crippen molar-refractivity contribution in [2.24, 2.45) is 5.41 Å². The number of hydrogen-bond acceptors (Lipinski definition) is 2. The van der Waals surface area contributed by atoms with Gasteiger partial charge in [0.05, 0.1) is 17.6 Å². The molecule has 21 heavy (non-hydrogen) atoms. The van der Waals surface area contributed by atoms with E-state index in [9.17, 15) is 0 Å². The van der Waals surface area contributed by atoms with Gasteiger partial charge in [-0.2, -0.15) is 0 Å². The van der Waals surface area contributed by atoms with Crippen molar-refractivity contribution in [1.29, 1.82) is 0 Å². The minimum absolute atomic E-state index is 0.404. The average Bonchev–Trinajstić information content (AvgIpc) is 2.83. The summed E-state index contributed by atoms with van der Waals surface area (Å²) in [7, 11) is 0. The first-order chi connectivity index (χ1) is 10.1. The molecule has 1 aromatic heterocycles. The van der Waals surface area contributed by atoms with Crippen molar-refractivity contribution in [3.05, 3.63) is 30.1 Å². The molecule has 3 heteroatoms. The molecule has 0 amide bonds. The van der Waals surface area contributed by atoms with Crippen LogP contribution in [-0.2, 0) is 13.1 Å². The van der Waals surface area contributed by atoms with Crippen LogP contribution in [0.15, 0.2) is 24.3 Å². The Morgan fingerprint density at radius 3 is 2.86 bits per heavy atom. The summed E-state index contributed by atoms with van der Waals surface area (Å²) in [6.45, 7) is 8.84. The molecule has 1 aliphatic carbocycles. The highest BCUT2D eigenvalue weighted by atomic mass is 15.1. The van der Waals surface area contributed by atoms with Gasteiger partial charge in [-0.1, -0.05) is 38.8 Å². The van der Waals surface area contributed by atoms with Crippen LogP contribution in [0.3, 0.4) is 0 Å². The molecule has 0 spiro atoms. The van der Waals surface area contributed by atoms with Crippen LogP contribution in [0.2, 0.25) is 0 Å². The van der Waals surface area contributed by atoms with Crippen LogP contribution in [-0.4, -0.2) is 15.6 Å².